The van der Waals surface area contributed by atoms with Crippen LogP contribution in [0.2, 0.25) is 0 Å². The minimum atomic E-state index is -0.963. The first-order chi connectivity index (χ1) is 11.1. The van der Waals surface area contributed by atoms with Crippen LogP contribution in [0.3, 0.4) is 0 Å². The molecule has 138 valence electrons. The van der Waals surface area contributed by atoms with Crippen LogP contribution < -0.4 is 5.32 Å². The molecule has 0 aromatic carbocycles. The molecule has 0 aromatic rings. The van der Waals surface area contributed by atoms with Crippen molar-refractivity contribution in [1.82, 2.24) is 15.1 Å². The zero-order valence-electron chi connectivity index (χ0n) is 15.9. The molecule has 0 aliphatic carbocycles. The van der Waals surface area contributed by atoms with Gasteiger partial charge in [-0.05, 0) is 73.4 Å². The van der Waals surface area contributed by atoms with Crippen molar-refractivity contribution in [3.05, 3.63) is 0 Å². The molecule has 0 bridgehead atoms. The number of nitrogens with zero attached hydrogens (tertiary/aromatic N) is 2. The normalized spacial score (nSPS) is 23.2. The standard InChI is InChI=1S/C18H33N3O3/c1-17(2,3)24-16(23)19-18(4,5)15(22)21-12-8-9-14(13-21)20-10-6-7-11-20/h14H,6-13H2,1-5H3,(H,19,23). The van der Waals surface area contributed by atoms with E-state index in [0.717, 1.165) is 39.0 Å². The number of amides is 2. The fraction of sp³-hybridized carbons (Fsp3) is 0.889. The molecular formula is C18H33N3O3. The van der Waals surface area contributed by atoms with E-state index >= 15 is 0 Å². The number of ether oxygens (including phenoxy) is 1. The molecule has 1 N–H and O–H groups in total. The molecule has 2 aliphatic heterocycles. The number of hydrogen-bond acceptors (Lipinski definition) is 4. The number of carbonyl (C=O) groups is 2. The summed E-state index contributed by atoms with van der Waals surface area (Å²) in [7, 11) is 0. The Morgan fingerprint density at radius 2 is 1.62 bits per heavy atom. The Morgan fingerprint density at radius 3 is 2.21 bits per heavy atom. The number of alkyl carbamates (subject to hydrolysis) is 1. The Labute approximate surface area is 145 Å². The summed E-state index contributed by atoms with van der Waals surface area (Å²) in [6.07, 6.45) is 4.15. The predicted octanol–water partition coefficient (Wildman–Crippen LogP) is 2.38. The van der Waals surface area contributed by atoms with Gasteiger partial charge in [-0.25, -0.2) is 4.79 Å². The van der Waals surface area contributed by atoms with Gasteiger partial charge in [-0.1, -0.05) is 0 Å². The Balaban J connectivity index is 1.94. The second-order valence-corrected chi connectivity index (χ2v) is 8.54. The first-order valence-electron chi connectivity index (χ1n) is 9.13. The Bertz CT molecular complexity index is 465. The summed E-state index contributed by atoms with van der Waals surface area (Å²) in [5.74, 6) is -0.0303. The monoisotopic (exact) mass is 339 g/mol. The first-order valence-corrected chi connectivity index (χ1v) is 9.13. The molecule has 1 unspecified atom stereocenters. The lowest BCUT2D eigenvalue weighted by Crippen LogP contribution is -2.60. The zero-order chi connectivity index (χ0) is 18.0. The van der Waals surface area contributed by atoms with Crippen molar-refractivity contribution in [2.45, 2.75) is 77.5 Å². The number of likely N-dealkylation sites (tertiary alicyclic amines) is 2. The topological polar surface area (TPSA) is 61.9 Å². The van der Waals surface area contributed by atoms with Gasteiger partial charge >= 0.3 is 6.09 Å². The SMILES string of the molecule is CC(C)(C)OC(=O)NC(C)(C)C(=O)N1CCCC(N2CCCC2)C1. The van der Waals surface area contributed by atoms with E-state index in [4.69, 9.17) is 4.74 Å². The highest BCUT2D eigenvalue weighted by molar-refractivity contribution is 5.89. The molecule has 2 fully saturated rings. The molecule has 2 amide bonds. The average Bonchev–Trinajstić information content (AvgIpc) is 2.98. The third kappa shape index (κ3) is 5.10. The summed E-state index contributed by atoms with van der Waals surface area (Å²) >= 11 is 0. The molecule has 6 nitrogen and oxygen atoms in total. The fourth-order valence-electron chi connectivity index (χ4n) is 3.55. The molecule has 2 aliphatic rings. The van der Waals surface area contributed by atoms with E-state index in [9.17, 15) is 9.59 Å². The molecular weight excluding hydrogens is 306 g/mol. The third-order valence-electron chi connectivity index (χ3n) is 4.69. The van der Waals surface area contributed by atoms with Crippen molar-refractivity contribution in [3.63, 3.8) is 0 Å². The molecule has 0 spiro atoms. The number of nitrogens with one attached hydrogen (secondary N) is 1. The van der Waals surface area contributed by atoms with Crippen molar-refractivity contribution in [1.29, 1.82) is 0 Å². The van der Waals surface area contributed by atoms with Gasteiger partial charge in [-0.3, -0.25) is 9.69 Å². The van der Waals surface area contributed by atoms with Gasteiger partial charge in [0.15, 0.2) is 0 Å². The minimum absolute atomic E-state index is 0.0303. The Kier molecular flexibility index (Phi) is 5.78. The summed E-state index contributed by atoms with van der Waals surface area (Å²) in [5.41, 5.74) is -1.54. The fourth-order valence-corrected chi connectivity index (χ4v) is 3.55. The van der Waals surface area contributed by atoms with Crippen molar-refractivity contribution < 1.29 is 14.3 Å². The first kappa shape index (κ1) is 19.0. The molecule has 0 aromatic heterocycles. The lowest BCUT2D eigenvalue weighted by molar-refractivity contribution is -0.139. The van der Waals surface area contributed by atoms with Crippen LogP contribution in [0.5, 0.6) is 0 Å². The van der Waals surface area contributed by atoms with E-state index in [0.29, 0.717) is 6.04 Å². The van der Waals surface area contributed by atoms with E-state index in [1.54, 1.807) is 13.8 Å². The molecule has 0 saturated carbocycles. The highest BCUT2D eigenvalue weighted by Gasteiger charge is 2.38. The number of piperidine rings is 1. The lowest BCUT2D eigenvalue weighted by atomic mass is 9.99. The predicted molar refractivity (Wildman–Crippen MR) is 93.9 cm³/mol. The second kappa shape index (κ2) is 7.30. The molecule has 24 heavy (non-hydrogen) atoms. The van der Waals surface area contributed by atoms with Gasteiger partial charge in [0, 0.05) is 19.1 Å². The van der Waals surface area contributed by atoms with Crippen LogP contribution in [-0.4, -0.2) is 65.2 Å². The Hall–Kier alpha value is -1.30. The maximum Gasteiger partial charge on any atom is 0.408 e. The molecule has 2 rings (SSSR count). The smallest absolute Gasteiger partial charge is 0.408 e. The van der Waals surface area contributed by atoms with Gasteiger partial charge in [0.05, 0.1) is 0 Å². The van der Waals surface area contributed by atoms with E-state index < -0.39 is 17.2 Å². The van der Waals surface area contributed by atoms with Crippen LogP contribution >= 0.6 is 0 Å². The van der Waals surface area contributed by atoms with E-state index in [1.807, 2.05) is 25.7 Å². The van der Waals surface area contributed by atoms with E-state index in [1.165, 1.54) is 12.8 Å². The second-order valence-electron chi connectivity index (χ2n) is 8.54. The van der Waals surface area contributed by atoms with Crippen LogP contribution in [0.4, 0.5) is 4.79 Å². The van der Waals surface area contributed by atoms with Crippen molar-refractivity contribution in [2.75, 3.05) is 26.2 Å². The van der Waals surface area contributed by atoms with Gasteiger partial charge in [0.2, 0.25) is 5.91 Å². The molecule has 1 atom stereocenters. The largest absolute Gasteiger partial charge is 0.444 e. The van der Waals surface area contributed by atoms with Crippen LogP contribution in [0, 0.1) is 0 Å². The highest BCUT2D eigenvalue weighted by atomic mass is 16.6. The van der Waals surface area contributed by atoms with Gasteiger partial charge in [-0.15, -0.1) is 0 Å². The van der Waals surface area contributed by atoms with Crippen molar-refractivity contribution in [3.8, 4) is 0 Å². The molecule has 2 heterocycles. The summed E-state index contributed by atoms with van der Waals surface area (Å²) in [4.78, 5) is 29.4. The maximum atomic E-state index is 12.9. The third-order valence-corrected chi connectivity index (χ3v) is 4.69. The van der Waals surface area contributed by atoms with Gasteiger partial charge < -0.3 is 15.0 Å². The molecule has 2 saturated heterocycles. The highest BCUT2D eigenvalue weighted by Crippen LogP contribution is 2.22. The van der Waals surface area contributed by atoms with Crippen molar-refractivity contribution in [2.24, 2.45) is 0 Å². The maximum absolute atomic E-state index is 12.9. The van der Waals surface area contributed by atoms with Crippen LogP contribution in [-0.2, 0) is 9.53 Å². The summed E-state index contributed by atoms with van der Waals surface area (Å²) < 4.78 is 5.28. The average molecular weight is 339 g/mol. The van der Waals surface area contributed by atoms with Gasteiger partial charge in [-0.2, -0.15) is 0 Å². The lowest BCUT2D eigenvalue weighted by Gasteiger charge is -2.40. The van der Waals surface area contributed by atoms with Gasteiger partial charge in [0.1, 0.15) is 11.1 Å². The minimum Gasteiger partial charge on any atom is -0.444 e. The summed E-state index contributed by atoms with van der Waals surface area (Å²) in [5, 5.41) is 2.73. The number of carbonyl (C=O) groups excluding carboxylic acids is 2. The van der Waals surface area contributed by atoms with Crippen LogP contribution in [0.25, 0.3) is 0 Å². The zero-order valence-corrected chi connectivity index (χ0v) is 15.9. The van der Waals surface area contributed by atoms with Crippen molar-refractivity contribution >= 4 is 12.0 Å². The van der Waals surface area contributed by atoms with Gasteiger partial charge in [0.25, 0.3) is 0 Å². The van der Waals surface area contributed by atoms with E-state index in [-0.39, 0.29) is 5.91 Å². The molecule has 0 radical (unpaired) electrons. The van der Waals surface area contributed by atoms with E-state index in [2.05, 4.69) is 10.2 Å². The molecule has 6 heteroatoms. The quantitative estimate of drug-likeness (QED) is 0.857. The van der Waals surface area contributed by atoms with Crippen LogP contribution in [0.15, 0.2) is 0 Å². The number of rotatable bonds is 3. The summed E-state index contributed by atoms with van der Waals surface area (Å²) in [6.45, 7) is 12.8. The Morgan fingerprint density at radius 1 is 1.00 bits per heavy atom. The number of hydrogen-bond donors (Lipinski definition) is 1. The van der Waals surface area contributed by atoms with Crippen LogP contribution in [0.1, 0.15) is 60.3 Å². The summed E-state index contributed by atoms with van der Waals surface area (Å²) in [6, 6.07) is 0.461.